The summed E-state index contributed by atoms with van der Waals surface area (Å²) in [7, 11) is 0. The Morgan fingerprint density at radius 2 is 1.94 bits per heavy atom. The highest BCUT2D eigenvalue weighted by molar-refractivity contribution is 5.96. The monoisotopic (exact) mass is 684 g/mol. The summed E-state index contributed by atoms with van der Waals surface area (Å²) in [6.07, 6.45) is 8.38. The van der Waals surface area contributed by atoms with Crippen LogP contribution >= 0.6 is 0 Å². The van der Waals surface area contributed by atoms with E-state index in [0.29, 0.717) is 80.3 Å². The number of aliphatic hydroxyl groups excluding tert-OH is 1. The molecule has 1 saturated heterocycles. The van der Waals surface area contributed by atoms with Gasteiger partial charge in [0.1, 0.15) is 0 Å². The molecule has 260 valence electrons. The van der Waals surface area contributed by atoms with Crippen molar-refractivity contribution in [3.05, 3.63) is 96.1 Å². The van der Waals surface area contributed by atoms with Crippen molar-refractivity contribution >= 4 is 29.0 Å². The number of fused-ring (bicyclic) bond motifs is 1. The Hall–Kier alpha value is -5.47. The number of nitrogens with one attached hydrogen (secondary N) is 3. The number of carbonyl (C=O) groups excluding carboxylic acids is 2. The lowest BCUT2D eigenvalue weighted by Crippen LogP contribution is -2.53. The Morgan fingerprint density at radius 3 is 2.74 bits per heavy atom. The number of hydrogen-bond acceptors (Lipinski definition) is 9. The molecule has 0 bridgehead atoms. The molecule has 1 fully saturated rings. The molecule has 1 aliphatic heterocycles. The zero-order chi connectivity index (χ0) is 35.0. The van der Waals surface area contributed by atoms with Crippen molar-refractivity contribution in [2.24, 2.45) is 0 Å². The fourth-order valence-electron chi connectivity index (χ4n) is 5.89. The molecule has 12 nitrogen and oxygen atoms in total. The Labute approximate surface area is 287 Å². The number of imidazole rings is 1. The lowest BCUT2D eigenvalue weighted by molar-refractivity contribution is -0.132. The van der Waals surface area contributed by atoms with E-state index in [9.17, 15) is 14.7 Å². The zero-order valence-corrected chi connectivity index (χ0v) is 27.5. The van der Waals surface area contributed by atoms with Gasteiger partial charge in [-0.25, -0.2) is 19.3 Å². The molecule has 5 aromatic rings. The molecule has 4 heterocycles. The van der Waals surface area contributed by atoms with Gasteiger partial charge in [-0.2, -0.15) is 4.39 Å². The number of ether oxygens (including phenoxy) is 1. The summed E-state index contributed by atoms with van der Waals surface area (Å²) >= 11 is 0. The minimum absolute atomic E-state index is 0.00228. The molecule has 0 unspecified atom stereocenters. The average Bonchev–Trinajstić information content (AvgIpc) is 3.58. The standard InChI is InChI=1S/C36H38F2N8O4/c1-2-23-19-24(9-10-26(23)36(49)42-14-6-4-8-31(48)45-17-15-39-25(21-45)22-47)44-34-35-43-20-28(46(35)18-16-41-34)27-11-12-29(33(38)32(27)37)50-30-7-3-5-13-40-30/h3,5,7,9-13,16,18-20,25,39,47H,2,4,6,8,14-15,17,21-22H2,1H3,(H,41,44)(H,42,49)/t25-/m0/s1. The van der Waals surface area contributed by atoms with E-state index in [1.165, 1.54) is 30.7 Å². The van der Waals surface area contributed by atoms with Crippen LogP contribution in [0.3, 0.4) is 0 Å². The van der Waals surface area contributed by atoms with Crippen LogP contribution in [0.1, 0.15) is 42.1 Å². The fourth-order valence-corrected chi connectivity index (χ4v) is 5.89. The van der Waals surface area contributed by atoms with E-state index in [0.717, 1.165) is 5.56 Å². The van der Waals surface area contributed by atoms with Crippen LogP contribution in [-0.4, -0.2) is 80.0 Å². The maximum atomic E-state index is 15.3. The van der Waals surface area contributed by atoms with Crippen LogP contribution in [0.2, 0.25) is 0 Å². The zero-order valence-electron chi connectivity index (χ0n) is 27.5. The van der Waals surface area contributed by atoms with Gasteiger partial charge in [0.15, 0.2) is 23.0 Å². The van der Waals surface area contributed by atoms with Gasteiger partial charge >= 0.3 is 0 Å². The van der Waals surface area contributed by atoms with Gasteiger partial charge in [-0.3, -0.25) is 14.0 Å². The SMILES string of the molecule is CCc1cc(Nc2nccn3c(-c4ccc(Oc5ccccn5)c(F)c4F)cnc23)ccc1C(=O)NCCCCC(=O)N1CCN[C@H](CO)C1. The van der Waals surface area contributed by atoms with Gasteiger partial charge in [0.25, 0.3) is 5.91 Å². The number of halogens is 2. The van der Waals surface area contributed by atoms with E-state index >= 15 is 8.78 Å². The second-order valence-corrected chi connectivity index (χ2v) is 11.9. The molecule has 14 heteroatoms. The third-order valence-electron chi connectivity index (χ3n) is 8.53. The number of amides is 2. The first-order valence-electron chi connectivity index (χ1n) is 16.6. The summed E-state index contributed by atoms with van der Waals surface area (Å²) in [5.41, 5.74) is 2.74. The molecule has 3 aromatic heterocycles. The van der Waals surface area contributed by atoms with Crippen LogP contribution in [0.15, 0.2) is 73.3 Å². The van der Waals surface area contributed by atoms with E-state index in [1.54, 1.807) is 45.8 Å². The third-order valence-corrected chi connectivity index (χ3v) is 8.53. The normalized spacial score (nSPS) is 14.5. The molecular weight excluding hydrogens is 646 g/mol. The highest BCUT2D eigenvalue weighted by Gasteiger charge is 2.23. The molecular formula is C36H38F2N8O4. The van der Waals surface area contributed by atoms with E-state index in [-0.39, 0.29) is 41.7 Å². The number of unbranched alkanes of at least 4 members (excludes halogenated alkanes) is 1. The summed E-state index contributed by atoms with van der Waals surface area (Å²) in [5.74, 6) is -2.14. The van der Waals surface area contributed by atoms with E-state index < -0.39 is 11.6 Å². The van der Waals surface area contributed by atoms with Gasteiger partial charge in [0.2, 0.25) is 17.6 Å². The Kier molecular flexibility index (Phi) is 10.9. The van der Waals surface area contributed by atoms with Crippen molar-refractivity contribution in [3.63, 3.8) is 0 Å². The van der Waals surface area contributed by atoms with Gasteiger partial charge in [-0.15, -0.1) is 0 Å². The molecule has 0 aliphatic carbocycles. The van der Waals surface area contributed by atoms with Crippen LogP contribution in [0.25, 0.3) is 16.9 Å². The maximum absolute atomic E-state index is 15.3. The van der Waals surface area contributed by atoms with Crippen molar-refractivity contribution in [3.8, 4) is 22.9 Å². The van der Waals surface area contributed by atoms with E-state index in [2.05, 4.69) is 30.9 Å². The molecule has 0 spiro atoms. The van der Waals surface area contributed by atoms with Crippen LogP contribution < -0.4 is 20.7 Å². The summed E-state index contributed by atoms with van der Waals surface area (Å²) in [4.78, 5) is 40.2. The minimum atomic E-state index is -1.15. The molecule has 4 N–H and O–H groups in total. The predicted octanol–water partition coefficient (Wildman–Crippen LogP) is 4.86. The van der Waals surface area contributed by atoms with Gasteiger partial charge in [0.05, 0.1) is 18.5 Å². The number of benzene rings is 2. The van der Waals surface area contributed by atoms with Gasteiger partial charge in [0, 0.05) is 80.1 Å². The molecule has 1 aliphatic rings. The number of nitrogens with zero attached hydrogens (tertiary/aromatic N) is 5. The van der Waals surface area contributed by atoms with Crippen LogP contribution in [0.5, 0.6) is 11.6 Å². The molecule has 0 radical (unpaired) electrons. The van der Waals surface area contributed by atoms with Crippen molar-refractivity contribution in [1.82, 2.24) is 34.9 Å². The second-order valence-electron chi connectivity index (χ2n) is 11.9. The summed E-state index contributed by atoms with van der Waals surface area (Å²) in [6, 6.07) is 13.0. The molecule has 50 heavy (non-hydrogen) atoms. The minimum Gasteiger partial charge on any atom is -0.436 e. The van der Waals surface area contributed by atoms with Crippen molar-refractivity contribution < 1.29 is 28.2 Å². The number of aryl methyl sites for hydroxylation is 1. The topological polar surface area (TPSA) is 146 Å². The van der Waals surface area contributed by atoms with E-state index in [1.807, 2.05) is 13.0 Å². The number of aliphatic hydroxyl groups is 1. The van der Waals surface area contributed by atoms with Gasteiger partial charge in [-0.05, 0) is 61.2 Å². The van der Waals surface area contributed by atoms with Gasteiger partial charge < -0.3 is 30.7 Å². The van der Waals surface area contributed by atoms with Crippen molar-refractivity contribution in [2.75, 3.05) is 38.1 Å². The number of piperazine rings is 1. The van der Waals surface area contributed by atoms with Crippen molar-refractivity contribution in [1.29, 1.82) is 0 Å². The third kappa shape index (κ3) is 7.71. The van der Waals surface area contributed by atoms with Crippen LogP contribution in [0, 0.1) is 11.6 Å². The summed E-state index contributed by atoms with van der Waals surface area (Å²) in [6.45, 7) is 4.20. The summed E-state index contributed by atoms with van der Waals surface area (Å²) in [5, 5.41) is 18.7. The average molecular weight is 685 g/mol. The fraction of sp³-hybridized carbons (Fsp3) is 0.306. The quantitative estimate of drug-likeness (QED) is 0.128. The van der Waals surface area contributed by atoms with Gasteiger partial charge in [-0.1, -0.05) is 13.0 Å². The Bertz CT molecular complexity index is 1970. The lowest BCUT2D eigenvalue weighted by Gasteiger charge is -2.32. The largest absolute Gasteiger partial charge is 0.436 e. The lowest BCUT2D eigenvalue weighted by atomic mass is 10.0. The first-order valence-corrected chi connectivity index (χ1v) is 16.6. The summed E-state index contributed by atoms with van der Waals surface area (Å²) < 4.78 is 37.4. The smallest absolute Gasteiger partial charge is 0.251 e. The maximum Gasteiger partial charge on any atom is 0.251 e. The first kappa shape index (κ1) is 34.4. The Balaban J connectivity index is 1.08. The molecule has 0 saturated carbocycles. The Morgan fingerprint density at radius 1 is 1.06 bits per heavy atom. The highest BCUT2D eigenvalue weighted by Crippen LogP contribution is 2.33. The molecule has 1 atom stereocenters. The molecule has 2 aromatic carbocycles. The number of aromatic nitrogens is 4. The number of carbonyl (C=O) groups is 2. The second kappa shape index (κ2) is 15.8. The first-order chi connectivity index (χ1) is 24.4. The van der Waals surface area contributed by atoms with Crippen LogP contribution in [-0.2, 0) is 11.2 Å². The predicted molar refractivity (Wildman–Crippen MR) is 183 cm³/mol. The number of hydrogen-bond donors (Lipinski definition) is 4. The molecule has 6 rings (SSSR count). The van der Waals surface area contributed by atoms with Crippen molar-refractivity contribution in [2.45, 2.75) is 38.6 Å². The number of rotatable bonds is 13. The number of pyridine rings is 1. The van der Waals surface area contributed by atoms with E-state index in [4.69, 9.17) is 4.74 Å². The highest BCUT2D eigenvalue weighted by atomic mass is 19.2. The van der Waals surface area contributed by atoms with Crippen LogP contribution in [0.4, 0.5) is 20.3 Å². The molecule has 2 amide bonds. The number of anilines is 2.